The number of carbonyl (C=O) groups excluding carboxylic acids is 1. The van der Waals surface area contributed by atoms with Crippen molar-refractivity contribution in [2.45, 2.75) is 38.8 Å². The van der Waals surface area contributed by atoms with Gasteiger partial charge in [-0.2, -0.15) is 0 Å². The lowest BCUT2D eigenvalue weighted by Crippen LogP contribution is -2.55. The minimum Gasteiger partial charge on any atom is -0.375 e. The molecule has 3 rings (SSSR count). The van der Waals surface area contributed by atoms with Crippen LogP contribution in [0.4, 0.5) is 5.69 Å². The normalized spacial score (nSPS) is 19.9. The fourth-order valence-electron chi connectivity index (χ4n) is 3.30. The Bertz CT molecular complexity index is 850. The number of anilines is 1. The first-order valence-electron chi connectivity index (χ1n) is 9.12. The number of hydrogen-bond acceptors (Lipinski definition) is 5. The van der Waals surface area contributed by atoms with Crippen molar-refractivity contribution in [3.05, 3.63) is 45.4 Å². The Morgan fingerprint density at radius 2 is 2.30 bits per heavy atom. The first kappa shape index (κ1) is 19.4. The van der Waals surface area contributed by atoms with E-state index in [1.54, 1.807) is 12.3 Å². The highest BCUT2D eigenvalue weighted by molar-refractivity contribution is 6.30. The van der Waals surface area contributed by atoms with Crippen LogP contribution in [0.3, 0.4) is 0 Å². The lowest BCUT2D eigenvalue weighted by atomic mass is 10.0. The largest absolute Gasteiger partial charge is 0.375 e. The quantitative estimate of drug-likeness (QED) is 0.693. The molecule has 8 nitrogen and oxygen atoms in total. The van der Waals surface area contributed by atoms with E-state index in [9.17, 15) is 9.59 Å². The second-order valence-electron chi connectivity index (χ2n) is 6.43. The van der Waals surface area contributed by atoms with Gasteiger partial charge in [0.15, 0.2) is 11.0 Å². The highest BCUT2D eigenvalue weighted by Gasteiger charge is 2.32. The molecular formula is C18H24ClN5O3. The van der Waals surface area contributed by atoms with Crippen molar-refractivity contribution in [2.24, 2.45) is 0 Å². The van der Waals surface area contributed by atoms with Crippen LogP contribution in [0.25, 0.3) is 0 Å². The van der Waals surface area contributed by atoms with Gasteiger partial charge in [0.25, 0.3) is 5.91 Å². The highest BCUT2D eigenvalue weighted by atomic mass is 35.5. The summed E-state index contributed by atoms with van der Waals surface area (Å²) in [6.45, 7) is 5.69. The summed E-state index contributed by atoms with van der Waals surface area (Å²) in [4.78, 5) is 35.9. The third-order valence-corrected chi connectivity index (χ3v) is 4.99. The van der Waals surface area contributed by atoms with Gasteiger partial charge >= 0.3 is 0 Å². The van der Waals surface area contributed by atoms with Crippen molar-refractivity contribution < 1.29 is 9.53 Å². The zero-order chi connectivity index (χ0) is 19.4. The molecule has 2 atom stereocenters. The fraction of sp³-hybridized carbons (Fsp3) is 0.500. The standard InChI is InChI=1S/C18H24ClN5O3/c1-3-12-16(19)23-17(21-12)18(26)22-13-6-8-24(10-14(13)27-4-2)11-5-7-20-15(25)9-11/h5,7,9,13-14H,3-4,6,8,10H2,1-2H3,(H,20,25)(H,21,23)(H,22,26)/t13-,14+/m0/s1. The summed E-state index contributed by atoms with van der Waals surface area (Å²) in [6.07, 6.45) is 2.81. The summed E-state index contributed by atoms with van der Waals surface area (Å²) < 4.78 is 5.87. The topological polar surface area (TPSA) is 103 Å². The van der Waals surface area contributed by atoms with Crippen molar-refractivity contribution in [2.75, 3.05) is 24.6 Å². The number of rotatable bonds is 6. The second-order valence-corrected chi connectivity index (χ2v) is 6.79. The number of hydrogen-bond donors (Lipinski definition) is 3. The van der Waals surface area contributed by atoms with E-state index >= 15 is 0 Å². The number of H-pyrrole nitrogens is 2. The third kappa shape index (κ3) is 4.51. The van der Waals surface area contributed by atoms with Crippen LogP contribution in [-0.2, 0) is 11.2 Å². The van der Waals surface area contributed by atoms with Crippen LogP contribution in [0.5, 0.6) is 0 Å². The van der Waals surface area contributed by atoms with Gasteiger partial charge in [0.1, 0.15) is 0 Å². The van der Waals surface area contributed by atoms with E-state index in [1.165, 1.54) is 0 Å². The third-order valence-electron chi connectivity index (χ3n) is 4.68. The summed E-state index contributed by atoms with van der Waals surface area (Å²) >= 11 is 6.03. The van der Waals surface area contributed by atoms with E-state index in [-0.39, 0.29) is 29.4 Å². The Morgan fingerprint density at radius 3 is 2.96 bits per heavy atom. The van der Waals surface area contributed by atoms with Crippen LogP contribution in [0, 0.1) is 0 Å². The zero-order valence-electron chi connectivity index (χ0n) is 15.4. The van der Waals surface area contributed by atoms with Crippen molar-refractivity contribution >= 4 is 23.2 Å². The predicted octanol–water partition coefficient (Wildman–Crippen LogP) is 1.73. The minimum absolute atomic E-state index is 0.141. The number of imidazole rings is 1. The molecule has 1 aliphatic heterocycles. The molecule has 0 spiro atoms. The van der Waals surface area contributed by atoms with E-state index in [2.05, 4.69) is 25.2 Å². The number of aryl methyl sites for hydroxylation is 1. The number of amides is 1. The molecule has 3 N–H and O–H groups in total. The average molecular weight is 394 g/mol. The first-order chi connectivity index (χ1) is 13.0. The maximum Gasteiger partial charge on any atom is 0.287 e. The van der Waals surface area contributed by atoms with Crippen LogP contribution in [0.2, 0.25) is 5.15 Å². The van der Waals surface area contributed by atoms with Gasteiger partial charge in [-0.05, 0) is 25.8 Å². The van der Waals surface area contributed by atoms with Crippen LogP contribution >= 0.6 is 11.6 Å². The Balaban J connectivity index is 1.70. The molecule has 0 aromatic carbocycles. The van der Waals surface area contributed by atoms with Crippen LogP contribution in [-0.4, -0.2) is 52.7 Å². The van der Waals surface area contributed by atoms with Gasteiger partial charge in [-0.15, -0.1) is 0 Å². The number of piperidine rings is 1. The molecule has 1 fully saturated rings. The number of aromatic amines is 2. The van der Waals surface area contributed by atoms with Gasteiger partial charge in [0.2, 0.25) is 5.56 Å². The van der Waals surface area contributed by atoms with Gasteiger partial charge in [0.05, 0.1) is 17.8 Å². The smallest absolute Gasteiger partial charge is 0.287 e. The Morgan fingerprint density at radius 1 is 1.48 bits per heavy atom. The number of nitrogens with zero attached hydrogens (tertiary/aromatic N) is 2. The van der Waals surface area contributed by atoms with Gasteiger partial charge in [0, 0.05) is 37.6 Å². The SMILES string of the molecule is CCO[C@@H]1CN(c2cc[nH]c(=O)c2)CC[C@@H]1NC(=O)c1nc(Cl)c(CC)[nH]1. The number of nitrogens with one attached hydrogen (secondary N) is 3. The van der Waals surface area contributed by atoms with Crippen LogP contribution in [0.1, 0.15) is 36.6 Å². The molecular weight excluding hydrogens is 370 g/mol. The van der Waals surface area contributed by atoms with E-state index in [0.717, 1.165) is 11.4 Å². The molecule has 9 heteroatoms. The van der Waals surface area contributed by atoms with Crippen LogP contribution < -0.4 is 15.8 Å². The Labute approximate surface area is 162 Å². The number of pyridine rings is 1. The van der Waals surface area contributed by atoms with Gasteiger partial charge < -0.3 is 24.9 Å². The molecule has 3 heterocycles. The van der Waals surface area contributed by atoms with E-state index in [4.69, 9.17) is 16.3 Å². The van der Waals surface area contributed by atoms with E-state index in [0.29, 0.717) is 37.7 Å². The van der Waals surface area contributed by atoms with Crippen molar-refractivity contribution in [3.63, 3.8) is 0 Å². The first-order valence-corrected chi connectivity index (χ1v) is 9.50. The number of aromatic nitrogens is 3. The minimum atomic E-state index is -0.295. The van der Waals surface area contributed by atoms with Gasteiger partial charge in [-0.1, -0.05) is 18.5 Å². The number of ether oxygens (including phenoxy) is 1. The number of carbonyl (C=O) groups is 1. The molecule has 1 aliphatic rings. The predicted molar refractivity (Wildman–Crippen MR) is 104 cm³/mol. The lowest BCUT2D eigenvalue weighted by Gasteiger charge is -2.39. The molecule has 146 valence electrons. The van der Waals surface area contributed by atoms with Crippen molar-refractivity contribution in [1.29, 1.82) is 0 Å². The summed E-state index contributed by atoms with van der Waals surface area (Å²) in [5.41, 5.74) is 1.45. The zero-order valence-corrected chi connectivity index (χ0v) is 16.2. The molecule has 2 aromatic rings. The molecule has 0 unspecified atom stereocenters. The lowest BCUT2D eigenvalue weighted by molar-refractivity contribution is 0.0271. The second kappa shape index (κ2) is 8.58. The summed E-state index contributed by atoms with van der Waals surface area (Å²) in [7, 11) is 0. The molecule has 27 heavy (non-hydrogen) atoms. The van der Waals surface area contributed by atoms with Crippen molar-refractivity contribution in [1.82, 2.24) is 20.3 Å². The molecule has 1 amide bonds. The maximum absolute atomic E-state index is 12.6. The summed E-state index contributed by atoms with van der Waals surface area (Å²) in [5.74, 6) is -0.0833. The summed E-state index contributed by atoms with van der Waals surface area (Å²) in [6, 6.07) is 3.28. The fourth-order valence-corrected chi connectivity index (χ4v) is 3.56. The van der Waals surface area contributed by atoms with Gasteiger partial charge in [-0.3, -0.25) is 9.59 Å². The van der Waals surface area contributed by atoms with E-state index in [1.807, 2.05) is 19.9 Å². The van der Waals surface area contributed by atoms with Crippen LogP contribution in [0.15, 0.2) is 23.1 Å². The summed E-state index contributed by atoms with van der Waals surface area (Å²) in [5, 5.41) is 3.33. The Hall–Kier alpha value is -2.32. The number of halogens is 1. The molecule has 0 aliphatic carbocycles. The monoisotopic (exact) mass is 393 g/mol. The van der Waals surface area contributed by atoms with E-state index < -0.39 is 0 Å². The molecule has 2 aromatic heterocycles. The Kier molecular flexibility index (Phi) is 6.18. The van der Waals surface area contributed by atoms with Crippen molar-refractivity contribution in [3.8, 4) is 0 Å². The molecule has 1 saturated heterocycles. The maximum atomic E-state index is 12.6. The molecule has 0 radical (unpaired) electrons. The molecule has 0 bridgehead atoms. The molecule has 0 saturated carbocycles. The van der Waals surface area contributed by atoms with Gasteiger partial charge in [-0.25, -0.2) is 4.98 Å². The average Bonchev–Trinajstić information content (AvgIpc) is 3.04. The highest BCUT2D eigenvalue weighted by Crippen LogP contribution is 2.21.